The maximum Gasteiger partial charge on any atom is 0.335 e. The lowest BCUT2D eigenvalue weighted by Crippen LogP contribution is -2.60. The highest BCUT2D eigenvalue weighted by atomic mass is 16.7. The molecule has 0 bridgehead atoms. The number of ether oxygens (including phenoxy) is 4. The van der Waals surface area contributed by atoms with Crippen molar-refractivity contribution in [2.45, 2.75) is 269 Å². The van der Waals surface area contributed by atoms with Crippen LogP contribution in [0.5, 0.6) is 0 Å². The van der Waals surface area contributed by atoms with Crippen molar-refractivity contribution in [2.24, 2.45) is 0 Å². The van der Waals surface area contributed by atoms with Gasteiger partial charge in [0.2, 0.25) is 0 Å². The van der Waals surface area contributed by atoms with Crippen molar-refractivity contribution in [2.75, 3.05) is 13.2 Å². The van der Waals surface area contributed by atoms with Crippen LogP contribution in [-0.4, -0.2) is 88.4 Å². The number of rotatable bonds is 47. The summed E-state index contributed by atoms with van der Waals surface area (Å²) in [5.74, 6) is -2.45. The molecular weight excluding hydrogens is 885 g/mol. The van der Waals surface area contributed by atoms with Gasteiger partial charge in [-0.15, -0.1) is 0 Å². The molecule has 11 nitrogen and oxygen atoms in total. The number of aliphatic carboxylic acids is 1. The van der Waals surface area contributed by atoms with Crippen LogP contribution < -0.4 is 0 Å². The van der Waals surface area contributed by atoms with E-state index in [-0.39, 0.29) is 19.4 Å². The van der Waals surface area contributed by atoms with Gasteiger partial charge >= 0.3 is 17.9 Å². The van der Waals surface area contributed by atoms with Crippen LogP contribution in [-0.2, 0) is 33.3 Å². The van der Waals surface area contributed by atoms with Gasteiger partial charge in [0.1, 0.15) is 24.9 Å². The summed E-state index contributed by atoms with van der Waals surface area (Å²) in [4.78, 5) is 37.1. The minimum absolute atomic E-state index is 0.175. The molecular formula is C59H100O11. The Labute approximate surface area is 425 Å². The van der Waals surface area contributed by atoms with Crippen LogP contribution in [0.3, 0.4) is 0 Å². The molecule has 1 aliphatic heterocycles. The van der Waals surface area contributed by atoms with Crippen LogP contribution in [0.4, 0.5) is 0 Å². The molecule has 402 valence electrons. The fourth-order valence-electron chi connectivity index (χ4n) is 8.20. The fourth-order valence-corrected chi connectivity index (χ4v) is 8.20. The Morgan fingerprint density at radius 3 is 1.27 bits per heavy atom. The Bertz CT molecular complexity index is 1430. The molecule has 4 N–H and O–H groups in total. The first-order valence-electron chi connectivity index (χ1n) is 28.0. The molecule has 0 spiro atoms. The molecule has 0 aromatic heterocycles. The highest BCUT2D eigenvalue weighted by molar-refractivity contribution is 5.73. The van der Waals surface area contributed by atoms with E-state index < -0.39 is 61.3 Å². The third-order valence-electron chi connectivity index (χ3n) is 12.5. The van der Waals surface area contributed by atoms with Crippen molar-refractivity contribution >= 4 is 17.9 Å². The number of carbonyl (C=O) groups is 3. The maximum atomic E-state index is 12.9. The second-order valence-corrected chi connectivity index (χ2v) is 19.0. The number of carboxylic acid groups (broad SMARTS) is 1. The summed E-state index contributed by atoms with van der Waals surface area (Å²) >= 11 is 0. The average Bonchev–Trinajstić information content (AvgIpc) is 3.35. The van der Waals surface area contributed by atoms with E-state index in [1.807, 2.05) is 0 Å². The molecule has 0 radical (unpaired) electrons. The quantitative estimate of drug-likeness (QED) is 0.0260. The van der Waals surface area contributed by atoms with Crippen molar-refractivity contribution in [1.29, 1.82) is 0 Å². The Kier molecular flexibility index (Phi) is 44.3. The first-order chi connectivity index (χ1) is 34.2. The Hall–Kier alpha value is -3.35. The lowest BCUT2D eigenvalue weighted by atomic mass is 9.99. The summed E-state index contributed by atoms with van der Waals surface area (Å²) in [5, 5.41) is 40.0. The molecule has 0 saturated carbocycles. The molecule has 0 amide bonds. The van der Waals surface area contributed by atoms with Crippen molar-refractivity contribution in [3.8, 4) is 0 Å². The number of aliphatic hydroxyl groups excluding tert-OH is 3. The van der Waals surface area contributed by atoms with E-state index in [1.165, 1.54) is 109 Å². The smallest absolute Gasteiger partial charge is 0.335 e. The SMILES string of the molecule is CC/C=C\C/C=C\C/C=C\C/C=C\CCCCCCCCCCCCC(=O)OCC(COC1OC(C(=O)O)C(O)C(O)C1O)OC(=O)CCCCCCCCCCC/C=C\C/C=C\CCCCCCC. The molecule has 0 aromatic carbocycles. The van der Waals surface area contributed by atoms with Gasteiger partial charge in [-0.25, -0.2) is 4.79 Å². The average molecular weight is 985 g/mol. The lowest BCUT2D eigenvalue weighted by molar-refractivity contribution is -0.298. The van der Waals surface area contributed by atoms with Crippen LogP contribution in [0, 0.1) is 0 Å². The van der Waals surface area contributed by atoms with Crippen molar-refractivity contribution in [1.82, 2.24) is 0 Å². The van der Waals surface area contributed by atoms with Crippen LogP contribution in [0.15, 0.2) is 72.9 Å². The van der Waals surface area contributed by atoms with E-state index in [4.69, 9.17) is 18.9 Å². The minimum atomic E-state index is -1.87. The summed E-state index contributed by atoms with van der Waals surface area (Å²) in [7, 11) is 0. The number of esters is 2. The van der Waals surface area contributed by atoms with Crippen LogP contribution in [0.2, 0.25) is 0 Å². The third-order valence-corrected chi connectivity index (χ3v) is 12.5. The molecule has 0 aromatic rings. The molecule has 70 heavy (non-hydrogen) atoms. The topological polar surface area (TPSA) is 169 Å². The number of hydrogen-bond donors (Lipinski definition) is 4. The Morgan fingerprint density at radius 1 is 0.457 bits per heavy atom. The van der Waals surface area contributed by atoms with Gasteiger partial charge in [0.15, 0.2) is 18.5 Å². The highest BCUT2D eigenvalue weighted by Crippen LogP contribution is 2.23. The molecule has 1 fully saturated rings. The van der Waals surface area contributed by atoms with Crippen molar-refractivity contribution in [3.05, 3.63) is 72.9 Å². The third kappa shape index (κ3) is 38.3. The standard InChI is InChI=1S/C59H100O11/c1-3-5-7-9-11-13-15-17-19-21-23-25-26-28-29-31-33-35-37-39-41-43-45-47-52(60)67-49-51(50-68-59-56(64)54(62)55(63)57(70-59)58(65)66)69-53(61)48-46-44-42-40-38-36-34-32-30-27-24-22-20-18-16-14-12-10-8-6-4-2/h5,7,11,13,16-19,22-25,51,54-57,59,62-64H,3-4,6,8-10,12,14-15,20-21,26-50H2,1-2H3,(H,65,66)/b7-5-,13-11-,18-16-,19-17-,24-22-,25-23-. The van der Waals surface area contributed by atoms with Gasteiger partial charge in [0, 0.05) is 12.8 Å². The zero-order chi connectivity index (χ0) is 51.0. The van der Waals surface area contributed by atoms with E-state index >= 15 is 0 Å². The van der Waals surface area contributed by atoms with Crippen molar-refractivity contribution < 1.29 is 53.8 Å². The van der Waals surface area contributed by atoms with E-state index in [9.17, 15) is 34.8 Å². The zero-order valence-electron chi connectivity index (χ0n) is 44.0. The van der Waals surface area contributed by atoms with Crippen molar-refractivity contribution in [3.63, 3.8) is 0 Å². The second kappa shape index (κ2) is 47.9. The minimum Gasteiger partial charge on any atom is -0.479 e. The van der Waals surface area contributed by atoms with Gasteiger partial charge in [0.25, 0.3) is 0 Å². The number of unbranched alkanes of at least 4 members (excludes halogenated alkanes) is 24. The van der Waals surface area contributed by atoms with Gasteiger partial charge in [-0.3, -0.25) is 9.59 Å². The Balaban J connectivity index is 2.26. The number of carboxylic acids is 1. The molecule has 11 heteroatoms. The molecule has 1 rings (SSSR count). The van der Waals surface area contributed by atoms with Crippen LogP contribution in [0.1, 0.15) is 232 Å². The van der Waals surface area contributed by atoms with E-state index in [1.54, 1.807) is 0 Å². The fraction of sp³-hybridized carbons (Fsp3) is 0.746. The summed E-state index contributed by atoms with van der Waals surface area (Å²) in [6, 6.07) is 0. The molecule has 1 heterocycles. The second-order valence-electron chi connectivity index (χ2n) is 19.0. The molecule has 6 unspecified atom stereocenters. The monoisotopic (exact) mass is 985 g/mol. The zero-order valence-corrected chi connectivity index (χ0v) is 44.0. The summed E-state index contributed by atoms with van der Waals surface area (Å²) < 4.78 is 21.9. The predicted octanol–water partition coefficient (Wildman–Crippen LogP) is 14.0. The highest BCUT2D eigenvalue weighted by Gasteiger charge is 2.47. The van der Waals surface area contributed by atoms with Crippen LogP contribution in [0.25, 0.3) is 0 Å². The molecule has 1 aliphatic rings. The first-order valence-corrected chi connectivity index (χ1v) is 28.0. The predicted molar refractivity (Wildman–Crippen MR) is 284 cm³/mol. The number of allylic oxidation sites excluding steroid dienone is 12. The maximum absolute atomic E-state index is 12.9. The molecule has 1 saturated heterocycles. The Morgan fingerprint density at radius 2 is 0.843 bits per heavy atom. The van der Waals surface area contributed by atoms with Crippen LogP contribution >= 0.6 is 0 Å². The first kappa shape index (κ1) is 64.7. The summed E-state index contributed by atoms with van der Waals surface area (Å²) in [6.45, 7) is 3.71. The lowest BCUT2D eigenvalue weighted by Gasteiger charge is -2.38. The summed E-state index contributed by atoms with van der Waals surface area (Å²) in [5.41, 5.74) is 0. The normalized spacial score (nSPS) is 19.2. The van der Waals surface area contributed by atoms with E-state index in [0.717, 1.165) is 83.5 Å². The number of carbonyl (C=O) groups excluding carboxylic acids is 2. The van der Waals surface area contributed by atoms with Gasteiger partial charge in [-0.1, -0.05) is 209 Å². The number of aliphatic hydroxyl groups is 3. The van der Waals surface area contributed by atoms with Gasteiger partial charge in [-0.2, -0.15) is 0 Å². The molecule has 0 aliphatic carbocycles. The van der Waals surface area contributed by atoms with Gasteiger partial charge in [0.05, 0.1) is 6.61 Å². The van der Waals surface area contributed by atoms with E-state index in [2.05, 4.69) is 86.8 Å². The van der Waals surface area contributed by atoms with E-state index in [0.29, 0.717) is 12.8 Å². The van der Waals surface area contributed by atoms with Gasteiger partial charge in [-0.05, 0) is 83.5 Å². The largest absolute Gasteiger partial charge is 0.479 e. The van der Waals surface area contributed by atoms with Gasteiger partial charge < -0.3 is 39.4 Å². The molecule has 6 atom stereocenters. The number of hydrogen-bond acceptors (Lipinski definition) is 10. The summed E-state index contributed by atoms with van der Waals surface area (Å²) in [6.07, 6.45) is 53.7.